The second-order valence-corrected chi connectivity index (χ2v) is 6.62. The predicted molar refractivity (Wildman–Crippen MR) is 100 cm³/mol. The Balaban J connectivity index is 1.75. The Hall–Kier alpha value is -2.24. The fourth-order valence-corrected chi connectivity index (χ4v) is 3.29. The molecule has 26 heavy (non-hydrogen) atoms. The number of benzene rings is 1. The van der Waals surface area contributed by atoms with Gasteiger partial charge in [0, 0.05) is 25.0 Å². The number of hydrogen-bond acceptors (Lipinski definition) is 4. The van der Waals surface area contributed by atoms with Crippen molar-refractivity contribution < 1.29 is 19.1 Å². The van der Waals surface area contributed by atoms with Crippen LogP contribution in [0.5, 0.6) is 11.5 Å². The zero-order chi connectivity index (χ0) is 18.9. The zero-order valence-electron chi connectivity index (χ0n) is 16.0. The van der Waals surface area contributed by atoms with Crippen LogP contribution in [0.15, 0.2) is 24.3 Å². The fraction of sp³-hybridized carbons (Fsp3) is 0.600. The molecule has 6 heteroatoms. The van der Waals surface area contributed by atoms with E-state index >= 15 is 0 Å². The first-order chi connectivity index (χ1) is 12.6. The van der Waals surface area contributed by atoms with Gasteiger partial charge >= 0.3 is 0 Å². The summed E-state index contributed by atoms with van der Waals surface area (Å²) in [6.07, 6.45) is 3.33. The average molecular weight is 362 g/mol. The molecule has 1 aliphatic heterocycles. The van der Waals surface area contributed by atoms with E-state index in [1.54, 1.807) is 19.2 Å². The normalized spacial score (nSPS) is 15.0. The minimum absolute atomic E-state index is 0.0484. The van der Waals surface area contributed by atoms with Gasteiger partial charge in [-0.1, -0.05) is 26.0 Å². The van der Waals surface area contributed by atoms with Gasteiger partial charge in [-0.15, -0.1) is 0 Å². The van der Waals surface area contributed by atoms with Crippen molar-refractivity contribution in [2.24, 2.45) is 5.92 Å². The molecule has 1 saturated heterocycles. The number of likely N-dealkylation sites (tertiary alicyclic amines) is 1. The molecular weight excluding hydrogens is 332 g/mol. The van der Waals surface area contributed by atoms with E-state index in [1.165, 1.54) is 0 Å². The van der Waals surface area contributed by atoms with Crippen LogP contribution in [0.2, 0.25) is 0 Å². The van der Waals surface area contributed by atoms with Crippen molar-refractivity contribution in [1.82, 2.24) is 10.2 Å². The van der Waals surface area contributed by atoms with Gasteiger partial charge in [0.2, 0.25) is 5.91 Å². The van der Waals surface area contributed by atoms with E-state index in [9.17, 15) is 9.59 Å². The van der Waals surface area contributed by atoms with Crippen LogP contribution in [-0.4, -0.2) is 49.6 Å². The average Bonchev–Trinajstić information content (AvgIpc) is 2.68. The van der Waals surface area contributed by atoms with Crippen LogP contribution in [0.1, 0.15) is 39.5 Å². The minimum atomic E-state index is -0.152. The molecule has 1 aromatic rings. The number of methoxy groups -OCH3 is 1. The molecule has 1 aromatic carbocycles. The molecule has 0 aliphatic carbocycles. The summed E-state index contributed by atoms with van der Waals surface area (Å²) in [7, 11) is 1.57. The first-order valence-corrected chi connectivity index (χ1v) is 9.42. The van der Waals surface area contributed by atoms with Crippen LogP contribution in [0.3, 0.4) is 0 Å². The molecule has 0 aromatic heterocycles. The number of amides is 2. The first kappa shape index (κ1) is 20.1. The monoisotopic (exact) mass is 362 g/mol. The minimum Gasteiger partial charge on any atom is -0.493 e. The van der Waals surface area contributed by atoms with E-state index < -0.39 is 0 Å². The molecular formula is C20H30N2O4. The summed E-state index contributed by atoms with van der Waals surface area (Å²) < 4.78 is 10.8. The SMILES string of the molecule is CCC(CC)C(=O)N1CCC(NC(=O)COc2ccccc2OC)CC1. The number of carbonyl (C=O) groups excluding carboxylic acids is 2. The summed E-state index contributed by atoms with van der Waals surface area (Å²) in [5.74, 6) is 1.37. The highest BCUT2D eigenvalue weighted by Gasteiger charge is 2.27. The van der Waals surface area contributed by atoms with Gasteiger partial charge in [-0.3, -0.25) is 9.59 Å². The second kappa shape index (κ2) is 10.0. The van der Waals surface area contributed by atoms with Gasteiger partial charge in [-0.25, -0.2) is 0 Å². The summed E-state index contributed by atoms with van der Waals surface area (Å²) in [5.41, 5.74) is 0. The van der Waals surface area contributed by atoms with E-state index in [1.807, 2.05) is 17.0 Å². The van der Waals surface area contributed by atoms with Gasteiger partial charge in [0.15, 0.2) is 18.1 Å². The Kier molecular flexibility index (Phi) is 7.75. The van der Waals surface area contributed by atoms with Crippen LogP contribution < -0.4 is 14.8 Å². The van der Waals surface area contributed by atoms with Crippen molar-refractivity contribution >= 4 is 11.8 Å². The van der Waals surface area contributed by atoms with Gasteiger partial charge in [0.1, 0.15) is 0 Å². The number of ether oxygens (including phenoxy) is 2. The number of nitrogens with one attached hydrogen (secondary N) is 1. The molecule has 1 N–H and O–H groups in total. The number of piperidine rings is 1. The van der Waals surface area contributed by atoms with Crippen molar-refractivity contribution in [2.45, 2.75) is 45.6 Å². The Morgan fingerprint density at radius 3 is 2.35 bits per heavy atom. The quantitative estimate of drug-likeness (QED) is 0.772. The van der Waals surface area contributed by atoms with Crippen molar-refractivity contribution in [1.29, 1.82) is 0 Å². The summed E-state index contributed by atoms with van der Waals surface area (Å²) in [5, 5.41) is 3.00. The first-order valence-electron chi connectivity index (χ1n) is 9.42. The molecule has 1 fully saturated rings. The molecule has 1 aliphatic rings. The Morgan fingerprint density at radius 1 is 1.15 bits per heavy atom. The third kappa shape index (κ3) is 5.38. The Bertz CT molecular complexity index is 593. The van der Waals surface area contributed by atoms with Crippen molar-refractivity contribution in [3.8, 4) is 11.5 Å². The maximum Gasteiger partial charge on any atom is 0.258 e. The van der Waals surface area contributed by atoms with Gasteiger partial charge < -0.3 is 19.7 Å². The molecule has 144 valence electrons. The van der Waals surface area contributed by atoms with Crippen molar-refractivity contribution in [2.75, 3.05) is 26.8 Å². The van der Waals surface area contributed by atoms with Crippen molar-refractivity contribution in [3.63, 3.8) is 0 Å². The number of para-hydroxylation sites is 2. The molecule has 0 radical (unpaired) electrons. The predicted octanol–water partition coefficient (Wildman–Crippen LogP) is 2.62. The third-order valence-electron chi connectivity index (χ3n) is 4.93. The number of rotatable bonds is 8. The van der Waals surface area contributed by atoms with E-state index in [2.05, 4.69) is 19.2 Å². The standard InChI is InChI=1S/C20H30N2O4/c1-4-15(5-2)20(24)22-12-10-16(11-13-22)21-19(23)14-26-18-9-7-6-8-17(18)25-3/h6-9,15-16H,4-5,10-14H2,1-3H3,(H,21,23). The number of nitrogens with zero attached hydrogens (tertiary/aromatic N) is 1. The highest BCUT2D eigenvalue weighted by molar-refractivity contribution is 5.79. The molecule has 0 unspecified atom stereocenters. The van der Waals surface area contributed by atoms with Crippen LogP contribution in [-0.2, 0) is 9.59 Å². The summed E-state index contributed by atoms with van der Waals surface area (Å²) in [6.45, 7) is 5.47. The molecule has 0 bridgehead atoms. The molecule has 0 saturated carbocycles. The third-order valence-corrected chi connectivity index (χ3v) is 4.93. The number of carbonyl (C=O) groups is 2. The lowest BCUT2D eigenvalue weighted by Crippen LogP contribution is -2.48. The van der Waals surface area contributed by atoms with Crippen LogP contribution in [0, 0.1) is 5.92 Å². The lowest BCUT2D eigenvalue weighted by Gasteiger charge is -2.34. The fourth-order valence-electron chi connectivity index (χ4n) is 3.29. The maximum atomic E-state index is 12.4. The highest BCUT2D eigenvalue weighted by Crippen LogP contribution is 2.25. The molecule has 0 atom stereocenters. The van der Waals surface area contributed by atoms with Gasteiger partial charge in [-0.05, 0) is 37.8 Å². The van der Waals surface area contributed by atoms with Crippen molar-refractivity contribution in [3.05, 3.63) is 24.3 Å². The zero-order valence-corrected chi connectivity index (χ0v) is 16.0. The Morgan fingerprint density at radius 2 is 1.77 bits per heavy atom. The molecule has 0 spiro atoms. The van der Waals surface area contributed by atoms with Crippen LogP contribution >= 0.6 is 0 Å². The van der Waals surface area contributed by atoms with Crippen LogP contribution in [0.25, 0.3) is 0 Å². The van der Waals surface area contributed by atoms with E-state index in [0.717, 1.165) is 25.7 Å². The van der Waals surface area contributed by atoms with Gasteiger partial charge in [0.25, 0.3) is 5.91 Å². The largest absolute Gasteiger partial charge is 0.493 e. The molecule has 2 amide bonds. The maximum absolute atomic E-state index is 12.4. The smallest absolute Gasteiger partial charge is 0.258 e. The summed E-state index contributed by atoms with van der Waals surface area (Å²) in [6, 6.07) is 7.34. The van der Waals surface area contributed by atoms with Gasteiger partial charge in [0.05, 0.1) is 7.11 Å². The lowest BCUT2D eigenvalue weighted by molar-refractivity contribution is -0.137. The van der Waals surface area contributed by atoms with E-state index in [4.69, 9.17) is 9.47 Å². The summed E-state index contributed by atoms with van der Waals surface area (Å²) >= 11 is 0. The van der Waals surface area contributed by atoms with Crippen LogP contribution in [0.4, 0.5) is 0 Å². The van der Waals surface area contributed by atoms with E-state index in [0.29, 0.717) is 24.6 Å². The number of hydrogen-bond donors (Lipinski definition) is 1. The highest BCUT2D eigenvalue weighted by atomic mass is 16.5. The molecule has 2 rings (SSSR count). The molecule has 6 nitrogen and oxygen atoms in total. The topological polar surface area (TPSA) is 67.9 Å². The second-order valence-electron chi connectivity index (χ2n) is 6.62. The molecule has 1 heterocycles. The van der Waals surface area contributed by atoms with Gasteiger partial charge in [-0.2, -0.15) is 0 Å². The summed E-state index contributed by atoms with van der Waals surface area (Å²) in [4.78, 5) is 26.5. The Labute approximate surface area is 155 Å². The lowest BCUT2D eigenvalue weighted by atomic mass is 9.98. The van der Waals surface area contributed by atoms with E-state index in [-0.39, 0.29) is 30.4 Å².